The molecule has 118 valence electrons. The van der Waals surface area contributed by atoms with Gasteiger partial charge in [0.1, 0.15) is 5.75 Å². The van der Waals surface area contributed by atoms with Crippen LogP contribution < -0.4 is 4.72 Å². The predicted octanol–water partition coefficient (Wildman–Crippen LogP) is 3.74. The van der Waals surface area contributed by atoms with Crippen LogP contribution in [0.2, 0.25) is 0 Å². The predicted molar refractivity (Wildman–Crippen MR) is 89.0 cm³/mol. The first kappa shape index (κ1) is 16.4. The Morgan fingerprint density at radius 3 is 1.86 bits per heavy atom. The van der Waals surface area contributed by atoms with Crippen LogP contribution in [0.25, 0.3) is 0 Å². The fourth-order valence-electron chi connectivity index (χ4n) is 2.64. The average molecular weight is 319 g/mol. The van der Waals surface area contributed by atoms with E-state index in [2.05, 4.69) is 4.72 Å². The van der Waals surface area contributed by atoms with Crippen molar-refractivity contribution in [3.8, 4) is 5.75 Å². The Balaban J connectivity index is 2.60. The number of benzene rings is 2. The zero-order chi connectivity index (χ0) is 16.7. The lowest BCUT2D eigenvalue weighted by Gasteiger charge is -2.19. The van der Waals surface area contributed by atoms with Gasteiger partial charge in [-0.3, -0.25) is 4.72 Å². The van der Waals surface area contributed by atoms with Gasteiger partial charge < -0.3 is 5.11 Å². The molecule has 0 spiro atoms. The van der Waals surface area contributed by atoms with Crippen molar-refractivity contribution < 1.29 is 13.5 Å². The van der Waals surface area contributed by atoms with Gasteiger partial charge >= 0.3 is 0 Å². The van der Waals surface area contributed by atoms with E-state index in [-0.39, 0.29) is 5.75 Å². The molecule has 0 aliphatic carbocycles. The monoisotopic (exact) mass is 319 g/mol. The van der Waals surface area contributed by atoms with Gasteiger partial charge in [-0.1, -0.05) is 6.07 Å². The second kappa shape index (κ2) is 5.65. The summed E-state index contributed by atoms with van der Waals surface area (Å²) in [7, 11) is -3.71. The Bertz CT molecular complexity index is 810. The van der Waals surface area contributed by atoms with E-state index in [1.165, 1.54) is 12.1 Å². The summed E-state index contributed by atoms with van der Waals surface area (Å²) in [6.45, 7) is 9.52. The number of anilines is 1. The molecule has 0 saturated heterocycles. The normalized spacial score (nSPS) is 11.5. The lowest BCUT2D eigenvalue weighted by atomic mass is 9.95. The molecule has 0 heterocycles. The molecule has 0 bridgehead atoms. The second-order valence-electron chi connectivity index (χ2n) is 5.61. The maximum absolute atomic E-state index is 12.8. The fourth-order valence-corrected chi connectivity index (χ4v) is 4.30. The lowest BCUT2D eigenvalue weighted by molar-refractivity contribution is 0.475. The molecule has 0 radical (unpaired) electrons. The number of phenolic OH excluding ortho intramolecular Hbond substituents is 1. The van der Waals surface area contributed by atoms with Crippen LogP contribution in [0.15, 0.2) is 29.2 Å². The van der Waals surface area contributed by atoms with Gasteiger partial charge in [-0.2, -0.15) is 0 Å². The van der Waals surface area contributed by atoms with Crippen molar-refractivity contribution in [2.45, 2.75) is 39.5 Å². The molecule has 0 amide bonds. The van der Waals surface area contributed by atoms with Gasteiger partial charge in [-0.15, -0.1) is 0 Å². The standard InChI is InChI=1S/C17H21NO3S/c1-10-11(2)13(4)17(14(5)12(10)3)22(20,21)18-15-7-6-8-16(19)9-15/h6-9,18-19H,1-5H3. The van der Waals surface area contributed by atoms with E-state index < -0.39 is 10.0 Å². The molecule has 2 N–H and O–H groups in total. The minimum Gasteiger partial charge on any atom is -0.508 e. The van der Waals surface area contributed by atoms with E-state index in [1.54, 1.807) is 12.1 Å². The zero-order valence-corrected chi connectivity index (χ0v) is 14.3. The SMILES string of the molecule is Cc1c(C)c(C)c(S(=O)(=O)Nc2cccc(O)c2)c(C)c1C. The van der Waals surface area contributed by atoms with Gasteiger partial charge in [0.25, 0.3) is 10.0 Å². The minimum atomic E-state index is -3.71. The fraction of sp³-hybridized carbons (Fsp3) is 0.294. The number of rotatable bonds is 3. The summed E-state index contributed by atoms with van der Waals surface area (Å²) < 4.78 is 28.1. The van der Waals surface area contributed by atoms with E-state index >= 15 is 0 Å². The molecule has 2 aromatic carbocycles. The highest BCUT2D eigenvalue weighted by molar-refractivity contribution is 7.92. The lowest BCUT2D eigenvalue weighted by Crippen LogP contribution is -2.17. The molecular weight excluding hydrogens is 298 g/mol. The Labute approximate surface area is 131 Å². The van der Waals surface area contributed by atoms with Crippen molar-refractivity contribution in [2.24, 2.45) is 0 Å². The molecular formula is C17H21NO3S. The van der Waals surface area contributed by atoms with E-state index in [0.29, 0.717) is 10.6 Å². The molecule has 4 nitrogen and oxygen atoms in total. The summed E-state index contributed by atoms with van der Waals surface area (Å²) >= 11 is 0. The van der Waals surface area contributed by atoms with Crippen LogP contribution in [0.5, 0.6) is 5.75 Å². The third-order valence-electron chi connectivity index (χ3n) is 4.30. The van der Waals surface area contributed by atoms with E-state index in [9.17, 15) is 13.5 Å². The largest absolute Gasteiger partial charge is 0.508 e. The number of phenols is 1. The van der Waals surface area contributed by atoms with Crippen LogP contribution >= 0.6 is 0 Å². The third-order valence-corrected chi connectivity index (χ3v) is 5.95. The van der Waals surface area contributed by atoms with E-state index in [0.717, 1.165) is 27.8 Å². The van der Waals surface area contributed by atoms with Gasteiger partial charge in [-0.25, -0.2) is 8.42 Å². The summed E-state index contributed by atoms with van der Waals surface area (Å²) in [5, 5.41) is 9.48. The quantitative estimate of drug-likeness (QED) is 0.906. The summed E-state index contributed by atoms with van der Waals surface area (Å²) in [4.78, 5) is 0.316. The van der Waals surface area contributed by atoms with Gasteiger partial charge in [-0.05, 0) is 74.6 Å². The van der Waals surface area contributed by atoms with Crippen LogP contribution in [0.4, 0.5) is 5.69 Å². The first-order valence-corrected chi connectivity index (χ1v) is 8.52. The molecule has 2 aromatic rings. The van der Waals surface area contributed by atoms with Crippen LogP contribution in [-0.2, 0) is 10.0 Å². The molecule has 5 heteroatoms. The number of nitrogens with one attached hydrogen (secondary N) is 1. The molecule has 0 saturated carbocycles. The zero-order valence-electron chi connectivity index (χ0n) is 13.5. The molecule has 0 atom stereocenters. The number of sulfonamides is 1. The molecule has 0 aromatic heterocycles. The van der Waals surface area contributed by atoms with Gasteiger partial charge in [0, 0.05) is 6.07 Å². The third kappa shape index (κ3) is 2.81. The Kier molecular flexibility index (Phi) is 4.20. The van der Waals surface area contributed by atoms with Crippen molar-refractivity contribution in [3.05, 3.63) is 52.1 Å². The maximum atomic E-state index is 12.8. The van der Waals surface area contributed by atoms with Crippen molar-refractivity contribution >= 4 is 15.7 Å². The summed E-state index contributed by atoms with van der Waals surface area (Å²) in [5.74, 6) is 0.0184. The van der Waals surface area contributed by atoms with Crippen molar-refractivity contribution in [2.75, 3.05) is 4.72 Å². The van der Waals surface area contributed by atoms with Crippen molar-refractivity contribution in [1.82, 2.24) is 0 Å². The highest BCUT2D eigenvalue weighted by atomic mass is 32.2. The number of aromatic hydroxyl groups is 1. The summed E-state index contributed by atoms with van der Waals surface area (Å²) in [6.07, 6.45) is 0. The van der Waals surface area contributed by atoms with Crippen LogP contribution in [0, 0.1) is 34.6 Å². The number of hydrogen-bond acceptors (Lipinski definition) is 3. The first-order valence-electron chi connectivity index (χ1n) is 7.04. The van der Waals surface area contributed by atoms with Gasteiger partial charge in [0.05, 0.1) is 10.6 Å². The van der Waals surface area contributed by atoms with Gasteiger partial charge in [0.15, 0.2) is 0 Å². The van der Waals surface area contributed by atoms with E-state index in [4.69, 9.17) is 0 Å². The Hall–Kier alpha value is -2.01. The molecule has 22 heavy (non-hydrogen) atoms. The van der Waals surface area contributed by atoms with Crippen molar-refractivity contribution in [1.29, 1.82) is 0 Å². The van der Waals surface area contributed by atoms with E-state index in [1.807, 2.05) is 34.6 Å². The molecule has 2 rings (SSSR count). The van der Waals surface area contributed by atoms with Gasteiger partial charge in [0.2, 0.25) is 0 Å². The van der Waals surface area contributed by atoms with Crippen molar-refractivity contribution in [3.63, 3.8) is 0 Å². The first-order chi connectivity index (χ1) is 10.1. The highest BCUT2D eigenvalue weighted by Gasteiger charge is 2.23. The van der Waals surface area contributed by atoms with Crippen LogP contribution in [0.1, 0.15) is 27.8 Å². The van der Waals surface area contributed by atoms with Crippen LogP contribution in [0.3, 0.4) is 0 Å². The number of hydrogen-bond donors (Lipinski definition) is 2. The topological polar surface area (TPSA) is 66.4 Å². The summed E-state index contributed by atoms with van der Waals surface area (Å²) in [6, 6.07) is 6.08. The molecule has 0 aliphatic heterocycles. The van der Waals surface area contributed by atoms with Crippen LogP contribution in [-0.4, -0.2) is 13.5 Å². The summed E-state index contributed by atoms with van der Waals surface area (Å²) in [5.41, 5.74) is 4.95. The molecule has 0 fully saturated rings. The smallest absolute Gasteiger partial charge is 0.262 e. The molecule has 0 unspecified atom stereocenters. The average Bonchev–Trinajstić information content (AvgIpc) is 2.42. The highest BCUT2D eigenvalue weighted by Crippen LogP contribution is 2.31. The molecule has 0 aliphatic rings. The second-order valence-corrected chi connectivity index (χ2v) is 7.23. The Morgan fingerprint density at radius 1 is 0.864 bits per heavy atom. The Morgan fingerprint density at radius 2 is 1.36 bits per heavy atom. The maximum Gasteiger partial charge on any atom is 0.262 e. The minimum absolute atomic E-state index is 0.0184.